The quantitative estimate of drug-likeness (QED) is 0.569. The molecule has 2 aromatic carbocycles. The summed E-state index contributed by atoms with van der Waals surface area (Å²) in [5.74, 6) is -0.178. The van der Waals surface area contributed by atoms with E-state index in [4.69, 9.17) is 0 Å². The van der Waals surface area contributed by atoms with Crippen molar-refractivity contribution in [3.8, 4) is 0 Å². The van der Waals surface area contributed by atoms with E-state index in [1.807, 2.05) is 30.3 Å². The highest BCUT2D eigenvalue weighted by Crippen LogP contribution is 2.28. The molecule has 0 fully saturated rings. The molecule has 0 radical (unpaired) electrons. The molecule has 0 saturated carbocycles. The van der Waals surface area contributed by atoms with Crippen LogP contribution in [0, 0.1) is 0 Å². The Bertz CT molecular complexity index is 1240. The average molecular weight is 361 g/mol. The molecule has 1 aliphatic carbocycles. The summed E-state index contributed by atoms with van der Waals surface area (Å²) in [5.41, 5.74) is 6.73. The van der Waals surface area contributed by atoms with Gasteiger partial charge in [0.2, 0.25) is 0 Å². The van der Waals surface area contributed by atoms with E-state index in [0.29, 0.717) is 11.3 Å². The van der Waals surface area contributed by atoms with E-state index >= 15 is 0 Å². The molecule has 0 saturated heterocycles. The Hall–Kier alpha value is -2.99. The van der Waals surface area contributed by atoms with Gasteiger partial charge in [0.1, 0.15) is 0 Å². The number of nitrogens with one attached hydrogen (secondary N) is 2. The van der Waals surface area contributed by atoms with E-state index in [-0.39, 0.29) is 11.5 Å². The molecule has 1 aliphatic rings. The van der Waals surface area contributed by atoms with Crippen LogP contribution in [0.5, 0.6) is 0 Å². The largest absolute Gasteiger partial charge is 0.322 e. The second-order valence-corrected chi connectivity index (χ2v) is 7.40. The number of carbonyl (C=O) groups is 1. The van der Waals surface area contributed by atoms with Gasteiger partial charge in [0.25, 0.3) is 11.5 Å². The Morgan fingerprint density at radius 3 is 2.92 bits per heavy atom. The first-order valence-corrected chi connectivity index (χ1v) is 9.39. The molecule has 0 bridgehead atoms. The highest BCUT2D eigenvalue weighted by atomic mass is 32.1. The van der Waals surface area contributed by atoms with Crippen LogP contribution in [0.1, 0.15) is 27.9 Å². The van der Waals surface area contributed by atoms with Gasteiger partial charge in [-0.25, -0.2) is 4.98 Å². The van der Waals surface area contributed by atoms with Gasteiger partial charge in [-0.2, -0.15) is 0 Å². The molecule has 0 aliphatic heterocycles. The molecule has 26 heavy (non-hydrogen) atoms. The standard InChI is InChI=1S/C20H15N3O2S/c24-19(11-4-7-16-18(8-11)26-10-21-16)22-12-5-6-14-13-2-1-3-15(13)20(25)23-17(14)9-12/h4-10H,1-3H2,(H,22,24)(H,23,25). The number of H-pyrrole nitrogens is 1. The first-order chi connectivity index (χ1) is 12.7. The number of nitrogens with zero attached hydrogens (tertiary/aromatic N) is 1. The van der Waals surface area contributed by atoms with Crippen LogP contribution in [0.4, 0.5) is 5.69 Å². The second kappa shape index (κ2) is 5.78. The second-order valence-electron chi connectivity index (χ2n) is 6.51. The topological polar surface area (TPSA) is 74.8 Å². The minimum absolute atomic E-state index is 0.0101. The maximum atomic E-state index is 12.6. The van der Waals surface area contributed by atoms with Crippen molar-refractivity contribution in [1.29, 1.82) is 0 Å². The molecule has 5 nitrogen and oxygen atoms in total. The number of benzene rings is 2. The van der Waals surface area contributed by atoms with E-state index < -0.39 is 0 Å². The molecular formula is C20H15N3O2S. The number of anilines is 1. The lowest BCUT2D eigenvalue weighted by Crippen LogP contribution is -2.14. The number of aromatic amines is 1. The third-order valence-corrected chi connectivity index (χ3v) is 5.73. The Balaban J connectivity index is 1.50. The van der Waals surface area contributed by atoms with Gasteiger partial charge in [-0.1, -0.05) is 6.07 Å². The Kier molecular flexibility index (Phi) is 3.39. The molecule has 5 rings (SSSR count). The lowest BCUT2D eigenvalue weighted by atomic mass is 10.1. The first kappa shape index (κ1) is 15.3. The highest BCUT2D eigenvalue weighted by Gasteiger charge is 2.18. The van der Waals surface area contributed by atoms with Crippen molar-refractivity contribution in [3.05, 3.63) is 69.0 Å². The normalized spacial score (nSPS) is 13.2. The SMILES string of the molecule is O=C(Nc1ccc2c3c(c(=O)[nH]c2c1)CCC3)c1ccc2ncsc2c1. The number of aromatic nitrogens is 2. The van der Waals surface area contributed by atoms with Crippen molar-refractivity contribution in [1.82, 2.24) is 9.97 Å². The van der Waals surface area contributed by atoms with E-state index in [0.717, 1.165) is 51.5 Å². The van der Waals surface area contributed by atoms with Gasteiger partial charge in [-0.15, -0.1) is 11.3 Å². The minimum atomic E-state index is -0.178. The molecule has 2 aromatic heterocycles. The molecule has 2 N–H and O–H groups in total. The van der Waals surface area contributed by atoms with E-state index in [1.165, 1.54) is 11.3 Å². The summed E-state index contributed by atoms with van der Waals surface area (Å²) in [4.78, 5) is 32.0. The number of thiazole rings is 1. The molecule has 0 atom stereocenters. The smallest absolute Gasteiger partial charge is 0.255 e. The van der Waals surface area contributed by atoms with Crippen LogP contribution >= 0.6 is 11.3 Å². The number of aryl methyl sites for hydroxylation is 1. The van der Waals surface area contributed by atoms with Gasteiger partial charge in [-0.3, -0.25) is 9.59 Å². The lowest BCUT2D eigenvalue weighted by molar-refractivity contribution is 0.102. The molecule has 4 aromatic rings. The summed E-state index contributed by atoms with van der Waals surface area (Å²) >= 11 is 1.51. The number of hydrogen-bond donors (Lipinski definition) is 2. The van der Waals surface area contributed by atoms with Gasteiger partial charge in [-0.05, 0) is 55.2 Å². The van der Waals surface area contributed by atoms with Crippen LogP contribution in [0.2, 0.25) is 0 Å². The summed E-state index contributed by atoms with van der Waals surface area (Å²) in [6, 6.07) is 11.2. The molecule has 0 unspecified atom stereocenters. The number of amides is 1. The highest BCUT2D eigenvalue weighted by molar-refractivity contribution is 7.16. The maximum absolute atomic E-state index is 12.6. The summed E-state index contributed by atoms with van der Waals surface area (Å²) in [6.07, 6.45) is 2.81. The van der Waals surface area contributed by atoms with Crippen LogP contribution in [0.3, 0.4) is 0 Å². The fourth-order valence-corrected chi connectivity index (χ4v) is 4.39. The van der Waals surface area contributed by atoms with Gasteiger partial charge in [0.05, 0.1) is 21.2 Å². The van der Waals surface area contributed by atoms with E-state index in [1.54, 1.807) is 11.6 Å². The lowest BCUT2D eigenvalue weighted by Gasteiger charge is -2.09. The first-order valence-electron chi connectivity index (χ1n) is 8.51. The van der Waals surface area contributed by atoms with E-state index in [2.05, 4.69) is 15.3 Å². The zero-order valence-electron chi connectivity index (χ0n) is 13.8. The van der Waals surface area contributed by atoms with Gasteiger partial charge in [0.15, 0.2) is 0 Å². The van der Waals surface area contributed by atoms with Gasteiger partial charge in [0, 0.05) is 22.2 Å². The number of rotatable bonds is 2. The molecule has 1 amide bonds. The van der Waals surface area contributed by atoms with E-state index in [9.17, 15) is 9.59 Å². The van der Waals surface area contributed by atoms with Crippen molar-refractivity contribution < 1.29 is 4.79 Å². The van der Waals surface area contributed by atoms with Gasteiger partial charge >= 0.3 is 0 Å². The summed E-state index contributed by atoms with van der Waals surface area (Å²) in [5, 5.41) is 3.99. The summed E-state index contributed by atoms with van der Waals surface area (Å²) in [6.45, 7) is 0. The van der Waals surface area contributed by atoms with Crippen LogP contribution < -0.4 is 10.9 Å². The third kappa shape index (κ3) is 2.42. The predicted molar refractivity (Wildman–Crippen MR) is 104 cm³/mol. The number of carbonyl (C=O) groups excluding carboxylic acids is 1. The Morgan fingerprint density at radius 2 is 2.00 bits per heavy atom. The summed E-state index contributed by atoms with van der Waals surface area (Å²) in [7, 11) is 0. The molecule has 2 heterocycles. The summed E-state index contributed by atoms with van der Waals surface area (Å²) < 4.78 is 0.982. The number of pyridine rings is 1. The maximum Gasteiger partial charge on any atom is 0.255 e. The zero-order chi connectivity index (χ0) is 17.7. The zero-order valence-corrected chi connectivity index (χ0v) is 14.7. The fourth-order valence-electron chi connectivity index (χ4n) is 3.68. The average Bonchev–Trinajstić information content (AvgIpc) is 3.30. The number of fused-ring (bicyclic) bond motifs is 4. The third-order valence-electron chi connectivity index (χ3n) is 4.94. The van der Waals surface area contributed by atoms with Crippen molar-refractivity contribution in [2.24, 2.45) is 0 Å². The fraction of sp³-hybridized carbons (Fsp3) is 0.150. The Morgan fingerprint density at radius 1 is 1.12 bits per heavy atom. The molecule has 0 spiro atoms. The van der Waals surface area contributed by atoms with Crippen LogP contribution in [0.15, 0.2) is 46.7 Å². The monoisotopic (exact) mass is 361 g/mol. The minimum Gasteiger partial charge on any atom is -0.322 e. The van der Waals surface area contributed by atoms with Crippen molar-refractivity contribution in [3.63, 3.8) is 0 Å². The predicted octanol–water partition coefficient (Wildman–Crippen LogP) is 3.88. The van der Waals surface area contributed by atoms with Crippen molar-refractivity contribution in [2.45, 2.75) is 19.3 Å². The van der Waals surface area contributed by atoms with Crippen LogP contribution in [-0.2, 0) is 12.8 Å². The van der Waals surface area contributed by atoms with Gasteiger partial charge < -0.3 is 10.3 Å². The van der Waals surface area contributed by atoms with Crippen molar-refractivity contribution >= 4 is 44.1 Å². The molecule has 6 heteroatoms. The Labute approximate surface area is 152 Å². The molecular weight excluding hydrogens is 346 g/mol. The van der Waals surface area contributed by atoms with Crippen molar-refractivity contribution in [2.75, 3.05) is 5.32 Å². The van der Waals surface area contributed by atoms with Crippen LogP contribution in [-0.4, -0.2) is 15.9 Å². The van der Waals surface area contributed by atoms with Crippen LogP contribution in [0.25, 0.3) is 21.1 Å². The molecule has 128 valence electrons. The number of hydrogen-bond acceptors (Lipinski definition) is 4.